The molecule has 1 aromatic heterocycles. The van der Waals surface area contributed by atoms with E-state index in [0.29, 0.717) is 5.92 Å². The van der Waals surface area contributed by atoms with E-state index in [1.165, 1.54) is 9.99 Å². The molecule has 0 bridgehead atoms. The van der Waals surface area contributed by atoms with E-state index in [-0.39, 0.29) is 0 Å². The summed E-state index contributed by atoms with van der Waals surface area (Å²) in [6.07, 6.45) is 7.42. The SMILES string of the molecule is CC(/C=C/c1ccc(I)cn1)CCN(C)C. The Bertz CT molecular complexity index is 330. The number of allylic oxidation sites excluding steroid dienone is 1. The van der Waals surface area contributed by atoms with Crippen LogP contribution in [0.2, 0.25) is 0 Å². The lowest BCUT2D eigenvalue weighted by atomic mass is 10.1. The van der Waals surface area contributed by atoms with Crippen LogP contribution in [0.3, 0.4) is 0 Å². The molecule has 0 amide bonds. The zero-order valence-corrected chi connectivity index (χ0v) is 12.3. The largest absolute Gasteiger partial charge is 0.309 e. The van der Waals surface area contributed by atoms with E-state index in [4.69, 9.17) is 0 Å². The van der Waals surface area contributed by atoms with Gasteiger partial charge in [-0.05, 0) is 73.8 Å². The van der Waals surface area contributed by atoms with Gasteiger partial charge in [-0.15, -0.1) is 0 Å². The van der Waals surface area contributed by atoms with E-state index in [1.54, 1.807) is 0 Å². The van der Waals surface area contributed by atoms with Crippen molar-refractivity contribution in [2.45, 2.75) is 13.3 Å². The van der Waals surface area contributed by atoms with Gasteiger partial charge >= 0.3 is 0 Å². The second-order valence-corrected chi connectivity index (χ2v) is 5.58. The first-order valence-corrected chi connectivity index (χ1v) is 6.60. The molecule has 1 aromatic rings. The van der Waals surface area contributed by atoms with Crippen LogP contribution in [0.4, 0.5) is 0 Å². The Kier molecular flexibility index (Phi) is 5.98. The summed E-state index contributed by atoms with van der Waals surface area (Å²) in [5.41, 5.74) is 1.04. The fourth-order valence-corrected chi connectivity index (χ4v) is 1.63. The van der Waals surface area contributed by atoms with Gasteiger partial charge in [0.2, 0.25) is 0 Å². The monoisotopic (exact) mass is 330 g/mol. The van der Waals surface area contributed by atoms with Gasteiger partial charge < -0.3 is 4.90 Å². The lowest BCUT2D eigenvalue weighted by molar-refractivity contribution is 0.380. The number of rotatable bonds is 5. The van der Waals surface area contributed by atoms with Crippen molar-refractivity contribution in [3.8, 4) is 0 Å². The van der Waals surface area contributed by atoms with E-state index >= 15 is 0 Å². The maximum absolute atomic E-state index is 4.34. The topological polar surface area (TPSA) is 16.1 Å². The predicted molar refractivity (Wildman–Crippen MR) is 78.3 cm³/mol. The third kappa shape index (κ3) is 5.61. The third-order valence-electron chi connectivity index (χ3n) is 2.38. The summed E-state index contributed by atoms with van der Waals surface area (Å²) in [7, 11) is 4.22. The second-order valence-electron chi connectivity index (χ2n) is 4.33. The highest BCUT2D eigenvalue weighted by Crippen LogP contribution is 2.09. The molecule has 0 fully saturated rings. The quantitative estimate of drug-likeness (QED) is 0.770. The molecule has 0 aliphatic carbocycles. The van der Waals surface area contributed by atoms with Crippen molar-refractivity contribution in [2.24, 2.45) is 5.92 Å². The molecule has 0 N–H and O–H groups in total. The van der Waals surface area contributed by atoms with Crippen LogP contribution in [0.15, 0.2) is 24.4 Å². The minimum absolute atomic E-state index is 0.600. The molecule has 0 aliphatic heterocycles. The van der Waals surface area contributed by atoms with Gasteiger partial charge in [0.05, 0.1) is 5.69 Å². The van der Waals surface area contributed by atoms with Crippen LogP contribution < -0.4 is 0 Å². The summed E-state index contributed by atoms with van der Waals surface area (Å²) in [5.74, 6) is 0.600. The Labute approximate surface area is 112 Å². The van der Waals surface area contributed by atoms with Gasteiger partial charge in [-0.1, -0.05) is 13.0 Å². The molecule has 3 heteroatoms. The highest BCUT2D eigenvalue weighted by atomic mass is 127. The smallest absolute Gasteiger partial charge is 0.0627 e. The van der Waals surface area contributed by atoms with Crippen molar-refractivity contribution in [3.63, 3.8) is 0 Å². The fourth-order valence-electron chi connectivity index (χ4n) is 1.31. The Morgan fingerprint density at radius 3 is 2.75 bits per heavy atom. The molecule has 88 valence electrons. The van der Waals surface area contributed by atoms with Crippen LogP contribution in [0.1, 0.15) is 19.0 Å². The molecule has 1 rings (SSSR count). The van der Waals surface area contributed by atoms with E-state index in [9.17, 15) is 0 Å². The first-order valence-electron chi connectivity index (χ1n) is 5.52. The Hall–Kier alpha value is -0.420. The fraction of sp³-hybridized carbons (Fsp3) is 0.462. The number of hydrogen-bond acceptors (Lipinski definition) is 2. The Morgan fingerprint density at radius 2 is 2.19 bits per heavy atom. The van der Waals surface area contributed by atoms with Crippen LogP contribution in [-0.4, -0.2) is 30.5 Å². The van der Waals surface area contributed by atoms with Crippen molar-refractivity contribution < 1.29 is 0 Å². The molecule has 1 heterocycles. The Balaban J connectivity index is 2.43. The summed E-state index contributed by atoms with van der Waals surface area (Å²) < 4.78 is 1.18. The molecule has 0 saturated carbocycles. The van der Waals surface area contributed by atoms with Crippen molar-refractivity contribution in [1.29, 1.82) is 0 Å². The number of aromatic nitrogens is 1. The minimum atomic E-state index is 0.600. The molecule has 0 spiro atoms. The molecule has 0 aromatic carbocycles. The second kappa shape index (κ2) is 7.01. The van der Waals surface area contributed by atoms with Gasteiger partial charge in [-0.25, -0.2) is 0 Å². The van der Waals surface area contributed by atoms with E-state index < -0.39 is 0 Å². The van der Waals surface area contributed by atoms with Crippen LogP contribution >= 0.6 is 22.6 Å². The number of hydrogen-bond donors (Lipinski definition) is 0. The lowest BCUT2D eigenvalue weighted by Crippen LogP contribution is -2.14. The van der Waals surface area contributed by atoms with Crippen LogP contribution in [-0.2, 0) is 0 Å². The number of pyridine rings is 1. The van der Waals surface area contributed by atoms with Gasteiger partial charge in [0, 0.05) is 9.77 Å². The van der Waals surface area contributed by atoms with Gasteiger partial charge in [0.1, 0.15) is 0 Å². The molecule has 0 aliphatic rings. The summed E-state index contributed by atoms with van der Waals surface area (Å²) >= 11 is 2.27. The first kappa shape index (κ1) is 13.6. The van der Waals surface area contributed by atoms with Crippen LogP contribution in [0.25, 0.3) is 6.08 Å². The van der Waals surface area contributed by atoms with Crippen molar-refractivity contribution in [1.82, 2.24) is 9.88 Å². The molecule has 16 heavy (non-hydrogen) atoms. The summed E-state index contributed by atoms with van der Waals surface area (Å²) in [6, 6.07) is 4.13. The average molecular weight is 330 g/mol. The highest BCUT2D eigenvalue weighted by molar-refractivity contribution is 14.1. The van der Waals surface area contributed by atoms with Gasteiger partial charge in [0.15, 0.2) is 0 Å². The predicted octanol–water partition coefficient (Wildman–Crippen LogP) is 3.29. The first-order chi connectivity index (χ1) is 7.58. The molecular formula is C13H19IN2. The van der Waals surface area contributed by atoms with Crippen molar-refractivity contribution in [2.75, 3.05) is 20.6 Å². The zero-order chi connectivity index (χ0) is 12.0. The zero-order valence-electron chi connectivity index (χ0n) is 10.2. The summed E-state index contributed by atoms with van der Waals surface area (Å²) in [6.45, 7) is 3.37. The van der Waals surface area contributed by atoms with E-state index in [1.807, 2.05) is 6.20 Å². The van der Waals surface area contributed by atoms with Gasteiger partial charge in [-0.2, -0.15) is 0 Å². The summed E-state index contributed by atoms with van der Waals surface area (Å²) in [4.78, 5) is 6.56. The molecule has 1 atom stereocenters. The normalized spacial score (nSPS) is 13.6. The van der Waals surface area contributed by atoms with E-state index in [0.717, 1.165) is 12.2 Å². The third-order valence-corrected chi connectivity index (χ3v) is 3.02. The van der Waals surface area contributed by atoms with Crippen LogP contribution in [0.5, 0.6) is 0 Å². The average Bonchev–Trinajstić information content (AvgIpc) is 2.25. The van der Waals surface area contributed by atoms with E-state index in [2.05, 4.69) is 77.8 Å². The highest BCUT2D eigenvalue weighted by Gasteiger charge is 1.98. The standard InChI is InChI=1S/C13H19IN2/c1-11(8-9-16(2)3)4-6-13-7-5-12(14)10-15-13/h4-7,10-11H,8-9H2,1-3H3/b6-4+. The molecule has 0 saturated heterocycles. The molecule has 0 radical (unpaired) electrons. The molecular weight excluding hydrogens is 311 g/mol. The summed E-state index contributed by atoms with van der Waals surface area (Å²) in [5, 5.41) is 0. The molecule has 1 unspecified atom stereocenters. The maximum atomic E-state index is 4.34. The maximum Gasteiger partial charge on any atom is 0.0627 e. The van der Waals surface area contributed by atoms with Crippen molar-refractivity contribution in [3.05, 3.63) is 33.7 Å². The lowest BCUT2D eigenvalue weighted by Gasteiger charge is -2.11. The number of nitrogens with zero attached hydrogens (tertiary/aromatic N) is 2. The van der Waals surface area contributed by atoms with Crippen LogP contribution in [0, 0.1) is 9.49 Å². The molecule has 2 nitrogen and oxygen atoms in total. The minimum Gasteiger partial charge on any atom is -0.309 e. The Morgan fingerprint density at radius 1 is 1.44 bits per heavy atom. The van der Waals surface area contributed by atoms with Gasteiger partial charge in [0.25, 0.3) is 0 Å². The van der Waals surface area contributed by atoms with Gasteiger partial charge in [-0.3, -0.25) is 4.98 Å². The number of halogens is 1. The van der Waals surface area contributed by atoms with Crippen molar-refractivity contribution >= 4 is 28.7 Å².